The van der Waals surface area contributed by atoms with Crippen molar-refractivity contribution >= 4 is 38.9 Å². The van der Waals surface area contributed by atoms with Crippen molar-refractivity contribution in [1.29, 1.82) is 0 Å². The van der Waals surface area contributed by atoms with Gasteiger partial charge in [0.25, 0.3) is 10.0 Å². The number of halogens is 1. The summed E-state index contributed by atoms with van der Waals surface area (Å²) in [5, 5.41) is 20.1. The maximum absolute atomic E-state index is 13.2. The maximum atomic E-state index is 13.2. The lowest BCUT2D eigenvalue weighted by Gasteiger charge is -2.24. The van der Waals surface area contributed by atoms with Crippen LogP contribution in [-0.2, 0) is 20.2 Å². The van der Waals surface area contributed by atoms with Crippen LogP contribution in [0.5, 0.6) is 0 Å². The second kappa shape index (κ2) is 8.61. The highest BCUT2D eigenvalue weighted by atomic mass is 35.5. The molecule has 3 aromatic rings. The lowest BCUT2D eigenvalue weighted by atomic mass is 9.86. The number of nitrogens with one attached hydrogen (secondary N) is 1. The van der Waals surface area contributed by atoms with E-state index in [0.29, 0.717) is 17.9 Å². The first-order chi connectivity index (χ1) is 15.2. The maximum Gasteiger partial charge on any atom is 0.325 e. The van der Waals surface area contributed by atoms with E-state index in [1.807, 2.05) is 6.07 Å². The summed E-state index contributed by atoms with van der Waals surface area (Å²) in [6, 6.07) is 19.2. The minimum Gasteiger partial charge on any atom is -0.480 e. The van der Waals surface area contributed by atoms with E-state index in [0.717, 1.165) is 27.3 Å². The Morgan fingerprint density at radius 1 is 1.06 bits per heavy atom. The van der Waals surface area contributed by atoms with Gasteiger partial charge in [0, 0.05) is 21.9 Å². The number of carbonyl (C=O) groups is 1. The molecule has 4 rings (SSSR count). The van der Waals surface area contributed by atoms with Crippen LogP contribution in [0.1, 0.15) is 24.8 Å². The summed E-state index contributed by atoms with van der Waals surface area (Å²) >= 11 is 6.99. The number of aliphatic hydroxyl groups excluding tert-OH is 1. The van der Waals surface area contributed by atoms with Gasteiger partial charge in [0.05, 0.1) is 0 Å². The molecule has 0 radical (unpaired) electrons. The fraction of sp³-hybridized carbons (Fsp3) is 0.261. The van der Waals surface area contributed by atoms with E-state index in [9.17, 15) is 23.4 Å². The predicted octanol–water partition coefficient (Wildman–Crippen LogP) is 4.28. The van der Waals surface area contributed by atoms with E-state index >= 15 is 0 Å². The molecule has 3 N–H and O–H groups in total. The lowest BCUT2D eigenvalue weighted by Crippen LogP contribution is -2.48. The first-order valence-electron chi connectivity index (χ1n) is 10.0. The average molecular weight is 492 g/mol. The van der Waals surface area contributed by atoms with Crippen LogP contribution in [0.15, 0.2) is 70.9 Å². The molecular formula is C23H22ClNO5S2. The van der Waals surface area contributed by atoms with Crippen LogP contribution in [0, 0.1) is 0 Å². The van der Waals surface area contributed by atoms with E-state index in [4.69, 9.17) is 11.6 Å². The second-order valence-electron chi connectivity index (χ2n) is 7.89. The van der Waals surface area contributed by atoms with Crippen molar-refractivity contribution in [1.82, 2.24) is 4.72 Å². The Morgan fingerprint density at radius 3 is 2.38 bits per heavy atom. The zero-order chi connectivity index (χ0) is 23.0. The van der Waals surface area contributed by atoms with Gasteiger partial charge in [0.1, 0.15) is 9.75 Å². The summed E-state index contributed by atoms with van der Waals surface area (Å²) < 4.78 is 29.1. The average Bonchev–Trinajstić information content (AvgIpc) is 3.15. The summed E-state index contributed by atoms with van der Waals surface area (Å²) in [5.74, 6) is -1.22. The molecule has 2 unspecified atom stereocenters. The third-order valence-electron chi connectivity index (χ3n) is 6.00. The fourth-order valence-corrected chi connectivity index (χ4v) is 7.18. The van der Waals surface area contributed by atoms with Crippen molar-refractivity contribution in [2.24, 2.45) is 0 Å². The molecule has 2 aromatic carbocycles. The normalized spacial score (nSPS) is 22.6. The van der Waals surface area contributed by atoms with Crippen molar-refractivity contribution in [3.05, 3.63) is 77.3 Å². The quantitative estimate of drug-likeness (QED) is 0.414. The first-order valence-corrected chi connectivity index (χ1v) is 12.7. The van der Waals surface area contributed by atoms with Crippen LogP contribution in [-0.4, -0.2) is 36.7 Å². The number of sulfonamides is 1. The molecule has 0 spiro atoms. The van der Waals surface area contributed by atoms with Crippen molar-refractivity contribution in [3.8, 4) is 10.4 Å². The van der Waals surface area contributed by atoms with E-state index in [2.05, 4.69) is 4.72 Å². The van der Waals surface area contributed by atoms with Gasteiger partial charge in [0.15, 0.2) is 0 Å². The van der Waals surface area contributed by atoms with Crippen LogP contribution in [0.3, 0.4) is 0 Å². The van der Waals surface area contributed by atoms with E-state index in [-0.39, 0.29) is 17.2 Å². The minimum atomic E-state index is -4.10. The fourth-order valence-electron chi connectivity index (χ4n) is 4.31. The molecule has 1 aliphatic carbocycles. The van der Waals surface area contributed by atoms with E-state index in [1.165, 1.54) is 6.07 Å². The highest BCUT2D eigenvalue weighted by Gasteiger charge is 2.74. The molecule has 0 bridgehead atoms. The van der Waals surface area contributed by atoms with Gasteiger partial charge >= 0.3 is 5.97 Å². The third kappa shape index (κ3) is 3.97. The number of aliphatic hydroxyl groups is 1. The van der Waals surface area contributed by atoms with Gasteiger partial charge in [0.2, 0.25) is 0 Å². The first kappa shape index (κ1) is 22.9. The zero-order valence-corrected chi connectivity index (χ0v) is 19.4. The highest BCUT2D eigenvalue weighted by molar-refractivity contribution is 7.91. The van der Waals surface area contributed by atoms with Crippen LogP contribution in [0.2, 0.25) is 5.02 Å². The van der Waals surface area contributed by atoms with Gasteiger partial charge in [-0.05, 0) is 54.7 Å². The summed E-state index contributed by atoms with van der Waals surface area (Å²) in [5.41, 5.74) is -1.03. The van der Waals surface area contributed by atoms with Crippen molar-refractivity contribution in [2.45, 2.75) is 34.4 Å². The standard InChI is InChI=1S/C23H22ClNO5S2/c24-18-9-7-16(8-10-18)19-11-12-20(31-19)32(29,30)25-23(21(27)28)15-22(23,13-4-14-26)17-5-2-1-3-6-17/h1-3,5-12,25-26H,4,13-15H2,(H,27,28). The molecule has 2 atom stereocenters. The largest absolute Gasteiger partial charge is 0.480 e. The molecule has 168 valence electrons. The highest BCUT2D eigenvalue weighted by Crippen LogP contribution is 2.61. The SMILES string of the molecule is O=C(O)C1(NS(=O)(=O)c2ccc(-c3ccc(Cl)cc3)s2)CC1(CCCO)c1ccccc1. The summed E-state index contributed by atoms with van der Waals surface area (Å²) in [7, 11) is -4.10. The van der Waals surface area contributed by atoms with Crippen molar-refractivity contribution in [3.63, 3.8) is 0 Å². The molecule has 1 fully saturated rings. The second-order valence-corrected chi connectivity index (χ2v) is 11.3. The lowest BCUT2D eigenvalue weighted by molar-refractivity contribution is -0.140. The summed E-state index contributed by atoms with van der Waals surface area (Å²) in [6.07, 6.45) is 0.835. The molecule has 0 amide bonds. The molecule has 6 nitrogen and oxygen atoms in total. The number of aliphatic carboxylic acids is 1. The Kier molecular flexibility index (Phi) is 6.17. The molecular weight excluding hydrogens is 470 g/mol. The van der Waals surface area contributed by atoms with Crippen molar-refractivity contribution in [2.75, 3.05) is 6.61 Å². The molecule has 1 saturated carbocycles. The predicted molar refractivity (Wildman–Crippen MR) is 125 cm³/mol. The molecule has 1 aliphatic rings. The molecule has 9 heteroatoms. The summed E-state index contributed by atoms with van der Waals surface area (Å²) in [4.78, 5) is 13.1. The molecule has 0 saturated heterocycles. The molecule has 1 heterocycles. The molecule has 1 aromatic heterocycles. The Balaban J connectivity index is 1.67. The van der Waals surface area contributed by atoms with Crippen LogP contribution >= 0.6 is 22.9 Å². The monoisotopic (exact) mass is 491 g/mol. The zero-order valence-electron chi connectivity index (χ0n) is 17.0. The Hall–Kier alpha value is -2.23. The van der Waals surface area contributed by atoms with Gasteiger partial charge in [-0.15, -0.1) is 11.3 Å². The van der Waals surface area contributed by atoms with Gasteiger partial charge in [-0.1, -0.05) is 54.1 Å². The number of thiophene rings is 1. The topological polar surface area (TPSA) is 104 Å². The van der Waals surface area contributed by atoms with Gasteiger partial charge in [-0.3, -0.25) is 4.79 Å². The Bertz CT molecular complexity index is 1230. The number of hydrogen-bond acceptors (Lipinski definition) is 5. The van der Waals surface area contributed by atoms with Crippen LogP contribution in [0.4, 0.5) is 0 Å². The third-order valence-corrected chi connectivity index (χ3v) is 9.37. The van der Waals surface area contributed by atoms with E-state index in [1.54, 1.807) is 54.6 Å². The number of carboxylic acids is 1. The minimum absolute atomic E-state index is 0.0408. The van der Waals surface area contributed by atoms with Gasteiger partial charge in [-0.25, -0.2) is 8.42 Å². The number of carboxylic acid groups (broad SMARTS) is 1. The van der Waals surface area contributed by atoms with Gasteiger partial charge in [-0.2, -0.15) is 4.72 Å². The smallest absolute Gasteiger partial charge is 0.325 e. The van der Waals surface area contributed by atoms with Crippen LogP contribution in [0.25, 0.3) is 10.4 Å². The van der Waals surface area contributed by atoms with Crippen LogP contribution < -0.4 is 4.72 Å². The number of hydrogen-bond donors (Lipinski definition) is 3. The van der Waals surface area contributed by atoms with Gasteiger partial charge < -0.3 is 10.2 Å². The number of rotatable bonds is 9. The Labute approximate surface area is 195 Å². The van der Waals surface area contributed by atoms with Crippen molar-refractivity contribution < 1.29 is 23.4 Å². The number of benzene rings is 2. The van der Waals surface area contributed by atoms with E-state index < -0.39 is 26.9 Å². The molecule has 32 heavy (non-hydrogen) atoms. The molecule has 0 aliphatic heterocycles. The summed E-state index contributed by atoms with van der Waals surface area (Å²) in [6.45, 7) is -0.105. The Morgan fingerprint density at radius 2 is 1.75 bits per heavy atom.